The minimum atomic E-state index is -1.03. The molecule has 20 heavy (non-hydrogen) atoms. The maximum absolute atomic E-state index is 11.1. The van der Waals surface area contributed by atoms with Gasteiger partial charge in [0, 0.05) is 6.42 Å². The molecule has 0 aliphatic rings. The lowest BCUT2D eigenvalue weighted by Crippen LogP contribution is -2.22. The Morgan fingerprint density at radius 1 is 1.25 bits per heavy atom. The van der Waals surface area contributed by atoms with Crippen LogP contribution >= 0.6 is 12.4 Å². The molecule has 0 amide bonds. The van der Waals surface area contributed by atoms with Gasteiger partial charge < -0.3 is 20.3 Å². The summed E-state index contributed by atoms with van der Waals surface area (Å²) < 4.78 is 10.5. The summed E-state index contributed by atoms with van der Waals surface area (Å²) in [6, 6.07) is 6.52. The molecule has 1 aromatic carbocycles. The number of benzene rings is 1. The van der Waals surface area contributed by atoms with Crippen molar-refractivity contribution in [3.8, 4) is 11.5 Å². The minimum Gasteiger partial charge on any atom is -0.490 e. The van der Waals surface area contributed by atoms with Crippen LogP contribution in [-0.4, -0.2) is 36.1 Å². The van der Waals surface area contributed by atoms with Crippen molar-refractivity contribution in [3.63, 3.8) is 0 Å². The van der Waals surface area contributed by atoms with Gasteiger partial charge in [0.15, 0.2) is 6.61 Å². The van der Waals surface area contributed by atoms with Gasteiger partial charge in [-0.3, -0.25) is 4.79 Å². The SMILES string of the molecule is CC(CC(=O)CN)Oc1ccc(OCC(=O)O)cc1.Cl. The zero-order valence-corrected chi connectivity index (χ0v) is 11.9. The number of aliphatic carboxylic acids is 1. The van der Waals surface area contributed by atoms with E-state index in [-0.39, 0.29) is 43.9 Å². The molecule has 0 bridgehead atoms. The van der Waals surface area contributed by atoms with Gasteiger partial charge in [-0.15, -0.1) is 12.4 Å². The first-order valence-electron chi connectivity index (χ1n) is 5.84. The molecule has 3 N–H and O–H groups in total. The van der Waals surface area contributed by atoms with Gasteiger partial charge in [0.05, 0.1) is 6.54 Å². The van der Waals surface area contributed by atoms with E-state index in [0.717, 1.165) is 0 Å². The maximum Gasteiger partial charge on any atom is 0.341 e. The van der Waals surface area contributed by atoms with Crippen LogP contribution in [0.25, 0.3) is 0 Å². The topological polar surface area (TPSA) is 98.9 Å². The smallest absolute Gasteiger partial charge is 0.341 e. The number of halogens is 1. The van der Waals surface area contributed by atoms with Gasteiger partial charge >= 0.3 is 5.97 Å². The number of rotatable bonds is 8. The van der Waals surface area contributed by atoms with Crippen molar-refractivity contribution in [2.45, 2.75) is 19.4 Å². The van der Waals surface area contributed by atoms with Gasteiger partial charge in [-0.2, -0.15) is 0 Å². The molecule has 0 fully saturated rings. The average molecular weight is 304 g/mol. The van der Waals surface area contributed by atoms with E-state index < -0.39 is 5.97 Å². The average Bonchev–Trinajstić information content (AvgIpc) is 2.37. The minimum absolute atomic E-state index is 0. The molecule has 1 rings (SSSR count). The summed E-state index contributed by atoms with van der Waals surface area (Å²) in [6.07, 6.45) is -0.00448. The van der Waals surface area contributed by atoms with Gasteiger partial charge in [-0.25, -0.2) is 4.79 Å². The summed E-state index contributed by atoms with van der Waals surface area (Å²) in [4.78, 5) is 21.5. The first-order chi connectivity index (χ1) is 9.01. The molecule has 0 radical (unpaired) electrons. The zero-order valence-electron chi connectivity index (χ0n) is 11.1. The van der Waals surface area contributed by atoms with E-state index >= 15 is 0 Å². The molecule has 1 aromatic rings. The predicted octanol–water partition coefficient (Wildman–Crippen LogP) is 1.26. The van der Waals surface area contributed by atoms with Crippen molar-refractivity contribution in [1.29, 1.82) is 0 Å². The van der Waals surface area contributed by atoms with Gasteiger partial charge in [-0.1, -0.05) is 0 Å². The number of carbonyl (C=O) groups is 2. The van der Waals surface area contributed by atoms with Crippen LogP contribution < -0.4 is 15.2 Å². The summed E-state index contributed by atoms with van der Waals surface area (Å²) in [6.45, 7) is 1.40. The quantitative estimate of drug-likeness (QED) is 0.750. The highest BCUT2D eigenvalue weighted by Crippen LogP contribution is 2.19. The fourth-order valence-corrected chi connectivity index (χ4v) is 1.44. The summed E-state index contributed by atoms with van der Waals surface area (Å²) >= 11 is 0. The third-order valence-corrected chi connectivity index (χ3v) is 2.27. The Morgan fingerprint density at radius 2 is 1.80 bits per heavy atom. The van der Waals surface area contributed by atoms with E-state index in [1.54, 1.807) is 31.2 Å². The van der Waals surface area contributed by atoms with Gasteiger partial charge in [0.1, 0.15) is 23.4 Å². The molecule has 1 unspecified atom stereocenters. The Labute approximate surface area is 123 Å². The number of ether oxygens (including phenoxy) is 2. The van der Waals surface area contributed by atoms with E-state index in [2.05, 4.69) is 0 Å². The molecular formula is C13H18ClNO5. The Bertz CT molecular complexity index is 435. The molecule has 0 heterocycles. The maximum atomic E-state index is 11.1. The van der Waals surface area contributed by atoms with E-state index in [0.29, 0.717) is 11.5 Å². The lowest BCUT2D eigenvalue weighted by molar-refractivity contribution is -0.139. The third kappa shape index (κ3) is 6.96. The Kier molecular flexibility index (Phi) is 8.35. The molecule has 112 valence electrons. The number of hydrogen-bond donors (Lipinski definition) is 2. The highest BCUT2D eigenvalue weighted by atomic mass is 35.5. The van der Waals surface area contributed by atoms with E-state index in [1.165, 1.54) is 0 Å². The Balaban J connectivity index is 0.00000361. The van der Waals surface area contributed by atoms with E-state index in [9.17, 15) is 9.59 Å². The lowest BCUT2D eigenvalue weighted by Gasteiger charge is -2.14. The number of nitrogens with two attached hydrogens (primary N) is 1. The predicted molar refractivity (Wildman–Crippen MR) is 75.6 cm³/mol. The molecule has 0 saturated heterocycles. The molecule has 0 aliphatic carbocycles. The number of carboxylic acids is 1. The second kappa shape index (κ2) is 9.17. The first-order valence-corrected chi connectivity index (χ1v) is 5.84. The Hall–Kier alpha value is -1.79. The zero-order chi connectivity index (χ0) is 14.3. The molecular weight excluding hydrogens is 286 g/mol. The second-order valence-electron chi connectivity index (χ2n) is 4.03. The third-order valence-electron chi connectivity index (χ3n) is 2.27. The number of ketones is 1. The van der Waals surface area contributed by atoms with E-state index in [1.807, 2.05) is 0 Å². The summed E-state index contributed by atoms with van der Waals surface area (Å²) in [5, 5.41) is 8.46. The normalized spacial score (nSPS) is 11.1. The standard InChI is InChI=1S/C13H17NO5.ClH/c1-9(6-10(15)7-14)19-12-4-2-11(3-5-12)18-8-13(16)17;/h2-5,9H,6-8,14H2,1H3,(H,16,17);1H. The van der Waals surface area contributed by atoms with E-state index in [4.69, 9.17) is 20.3 Å². The molecule has 1 atom stereocenters. The monoisotopic (exact) mass is 303 g/mol. The number of Topliss-reactive ketones (excluding diaryl/α,β-unsaturated/α-hetero) is 1. The van der Waals surface area contributed by atoms with Gasteiger partial charge in [0.25, 0.3) is 0 Å². The van der Waals surface area contributed by atoms with Crippen LogP contribution in [0.15, 0.2) is 24.3 Å². The fourth-order valence-electron chi connectivity index (χ4n) is 1.44. The van der Waals surface area contributed by atoms with Crippen molar-refractivity contribution < 1.29 is 24.2 Å². The van der Waals surface area contributed by atoms with Crippen LogP contribution in [0.2, 0.25) is 0 Å². The van der Waals surface area contributed by atoms with Crippen molar-refractivity contribution in [1.82, 2.24) is 0 Å². The summed E-state index contributed by atoms with van der Waals surface area (Å²) in [7, 11) is 0. The van der Waals surface area contributed by atoms with Crippen molar-refractivity contribution in [2.24, 2.45) is 5.73 Å². The molecule has 6 nitrogen and oxygen atoms in total. The molecule has 0 saturated carbocycles. The van der Waals surface area contributed by atoms with Crippen LogP contribution in [-0.2, 0) is 9.59 Å². The van der Waals surface area contributed by atoms with Gasteiger partial charge in [-0.05, 0) is 31.2 Å². The molecule has 7 heteroatoms. The van der Waals surface area contributed by atoms with Gasteiger partial charge in [0.2, 0.25) is 0 Å². The van der Waals surface area contributed by atoms with Crippen molar-refractivity contribution in [3.05, 3.63) is 24.3 Å². The van der Waals surface area contributed by atoms with Crippen LogP contribution in [0.3, 0.4) is 0 Å². The number of hydrogen-bond acceptors (Lipinski definition) is 5. The van der Waals surface area contributed by atoms with Crippen LogP contribution in [0.5, 0.6) is 11.5 Å². The molecule has 0 aromatic heterocycles. The highest BCUT2D eigenvalue weighted by molar-refractivity contribution is 5.85. The number of carbonyl (C=O) groups excluding carboxylic acids is 1. The number of carboxylic acid groups (broad SMARTS) is 1. The summed E-state index contributed by atoms with van der Waals surface area (Å²) in [5.74, 6) is -0.0661. The largest absolute Gasteiger partial charge is 0.490 e. The van der Waals surface area contributed by atoms with Crippen LogP contribution in [0.4, 0.5) is 0 Å². The lowest BCUT2D eigenvalue weighted by atomic mass is 10.2. The Morgan fingerprint density at radius 3 is 2.30 bits per heavy atom. The van der Waals surface area contributed by atoms with Crippen LogP contribution in [0.1, 0.15) is 13.3 Å². The molecule has 0 aliphatic heterocycles. The second-order valence-corrected chi connectivity index (χ2v) is 4.03. The first kappa shape index (κ1) is 18.2. The van der Waals surface area contributed by atoms with Crippen LogP contribution in [0, 0.1) is 0 Å². The fraction of sp³-hybridized carbons (Fsp3) is 0.385. The van der Waals surface area contributed by atoms with Crippen molar-refractivity contribution >= 4 is 24.2 Å². The van der Waals surface area contributed by atoms with Crippen molar-refractivity contribution in [2.75, 3.05) is 13.2 Å². The summed E-state index contributed by atoms with van der Waals surface area (Å²) in [5.41, 5.74) is 5.22. The molecule has 0 spiro atoms. The highest BCUT2D eigenvalue weighted by Gasteiger charge is 2.09.